The standard InChI is InChI=1S/C31H19Br3O5S/c32-22-15-18(16-23(33)29(22)39-24(31(35)36)14-17-8-2-1-3-9-17)26-19-10-4-5-11-20(19)28(34)30-27(26)21-12-6-7-13-25(21)40(30,37)38/h1-13,15-16,24H,14H2,(H,35,36)/t24-/m1/s1. The van der Waals surface area contributed by atoms with Crippen LogP contribution in [0.5, 0.6) is 5.75 Å². The summed E-state index contributed by atoms with van der Waals surface area (Å²) < 4.78 is 35.1. The van der Waals surface area contributed by atoms with E-state index in [9.17, 15) is 18.3 Å². The van der Waals surface area contributed by atoms with Crippen LogP contribution in [-0.2, 0) is 21.1 Å². The summed E-state index contributed by atoms with van der Waals surface area (Å²) in [4.78, 5) is 12.6. The molecule has 5 aromatic carbocycles. The van der Waals surface area contributed by atoms with Crippen LogP contribution in [0.4, 0.5) is 0 Å². The molecular weight excluding hydrogens is 724 g/mol. The van der Waals surface area contributed by atoms with E-state index in [0.29, 0.717) is 30.3 Å². The Hall–Kier alpha value is -2.98. The highest BCUT2D eigenvalue weighted by atomic mass is 79.9. The Bertz CT molecular complexity index is 1920. The van der Waals surface area contributed by atoms with Gasteiger partial charge < -0.3 is 9.84 Å². The highest BCUT2D eigenvalue weighted by Crippen LogP contribution is 2.55. The zero-order valence-corrected chi connectivity index (χ0v) is 26.1. The van der Waals surface area contributed by atoms with Crippen molar-refractivity contribution in [1.29, 1.82) is 0 Å². The van der Waals surface area contributed by atoms with Gasteiger partial charge >= 0.3 is 5.97 Å². The van der Waals surface area contributed by atoms with Crippen LogP contribution in [0.25, 0.3) is 33.0 Å². The van der Waals surface area contributed by atoms with Crippen LogP contribution < -0.4 is 4.74 Å². The van der Waals surface area contributed by atoms with Gasteiger partial charge in [-0.05, 0) is 93.5 Å². The van der Waals surface area contributed by atoms with Crippen molar-refractivity contribution in [3.63, 3.8) is 0 Å². The van der Waals surface area contributed by atoms with Gasteiger partial charge in [-0.25, -0.2) is 13.2 Å². The second kappa shape index (κ2) is 10.4. The first kappa shape index (κ1) is 27.2. The minimum atomic E-state index is -3.76. The van der Waals surface area contributed by atoms with Crippen LogP contribution in [0.3, 0.4) is 0 Å². The molecule has 1 aliphatic rings. The van der Waals surface area contributed by atoms with Crippen molar-refractivity contribution in [2.45, 2.75) is 22.3 Å². The van der Waals surface area contributed by atoms with Crippen LogP contribution in [0, 0.1) is 0 Å². The summed E-state index contributed by atoms with van der Waals surface area (Å²) in [5.41, 5.74) is 3.61. The minimum Gasteiger partial charge on any atom is -0.478 e. The number of carboxylic acid groups (broad SMARTS) is 1. The Kier molecular flexibility index (Phi) is 7.11. The molecule has 0 radical (unpaired) electrons. The van der Waals surface area contributed by atoms with Gasteiger partial charge in [0.1, 0.15) is 5.75 Å². The molecule has 1 N–H and O–H groups in total. The quantitative estimate of drug-likeness (QED) is 0.185. The second-order valence-electron chi connectivity index (χ2n) is 9.34. The lowest BCUT2D eigenvalue weighted by atomic mass is 9.90. The van der Waals surface area contributed by atoms with E-state index in [1.54, 1.807) is 12.1 Å². The summed E-state index contributed by atoms with van der Waals surface area (Å²) in [5.74, 6) is -0.733. The lowest BCUT2D eigenvalue weighted by molar-refractivity contribution is -0.145. The van der Waals surface area contributed by atoms with E-state index in [2.05, 4.69) is 47.8 Å². The van der Waals surface area contributed by atoms with Crippen molar-refractivity contribution in [3.05, 3.63) is 110 Å². The monoisotopic (exact) mass is 740 g/mol. The van der Waals surface area contributed by atoms with E-state index in [0.717, 1.165) is 27.5 Å². The van der Waals surface area contributed by atoms with Gasteiger partial charge in [-0.2, -0.15) is 0 Å². The van der Waals surface area contributed by atoms with Crippen molar-refractivity contribution in [2.24, 2.45) is 0 Å². The van der Waals surface area contributed by atoms with E-state index in [-0.39, 0.29) is 16.2 Å². The number of benzene rings is 5. The Morgan fingerprint density at radius 2 is 1.40 bits per heavy atom. The fourth-order valence-electron chi connectivity index (χ4n) is 5.17. The van der Waals surface area contributed by atoms with E-state index in [4.69, 9.17) is 4.74 Å². The van der Waals surface area contributed by atoms with Gasteiger partial charge in [0.25, 0.3) is 0 Å². The molecule has 5 nitrogen and oxygen atoms in total. The molecule has 0 amide bonds. The van der Waals surface area contributed by atoms with Gasteiger partial charge in [0.2, 0.25) is 9.84 Å². The molecule has 0 aliphatic carbocycles. The van der Waals surface area contributed by atoms with Crippen LogP contribution in [0.15, 0.2) is 114 Å². The number of carbonyl (C=O) groups is 1. The average molecular weight is 743 g/mol. The number of aliphatic carboxylic acids is 1. The number of rotatable bonds is 6. The lowest BCUT2D eigenvalue weighted by Gasteiger charge is -2.20. The van der Waals surface area contributed by atoms with Gasteiger partial charge in [0.15, 0.2) is 6.10 Å². The van der Waals surface area contributed by atoms with Crippen LogP contribution >= 0.6 is 47.8 Å². The van der Waals surface area contributed by atoms with Crippen molar-refractivity contribution in [1.82, 2.24) is 0 Å². The number of sulfone groups is 1. The molecule has 40 heavy (non-hydrogen) atoms. The Morgan fingerprint density at radius 1 is 0.800 bits per heavy atom. The summed E-state index contributed by atoms with van der Waals surface area (Å²) >= 11 is 10.8. The first-order valence-corrected chi connectivity index (χ1v) is 16.1. The van der Waals surface area contributed by atoms with E-state index in [1.165, 1.54) is 0 Å². The largest absolute Gasteiger partial charge is 0.478 e. The van der Waals surface area contributed by atoms with Crippen molar-refractivity contribution in [3.8, 4) is 28.0 Å². The maximum Gasteiger partial charge on any atom is 0.345 e. The number of halogens is 3. The minimum absolute atomic E-state index is 0.191. The average Bonchev–Trinajstić information content (AvgIpc) is 3.18. The van der Waals surface area contributed by atoms with E-state index >= 15 is 0 Å². The second-order valence-corrected chi connectivity index (χ2v) is 13.7. The highest BCUT2D eigenvalue weighted by Gasteiger charge is 2.38. The van der Waals surface area contributed by atoms with Gasteiger partial charge in [0.05, 0.1) is 18.7 Å². The summed E-state index contributed by atoms with van der Waals surface area (Å²) in [6, 6.07) is 27.6. The van der Waals surface area contributed by atoms with Crippen LogP contribution in [0.1, 0.15) is 5.56 Å². The zero-order valence-electron chi connectivity index (χ0n) is 20.6. The third-order valence-electron chi connectivity index (χ3n) is 6.91. The van der Waals surface area contributed by atoms with Gasteiger partial charge in [0, 0.05) is 22.0 Å². The molecule has 0 unspecified atom stereocenters. The van der Waals surface area contributed by atoms with Gasteiger partial charge in [-0.1, -0.05) is 72.8 Å². The number of hydrogen-bond donors (Lipinski definition) is 1. The molecule has 5 aromatic rings. The van der Waals surface area contributed by atoms with Gasteiger partial charge in [-0.3, -0.25) is 0 Å². The molecule has 0 saturated carbocycles. The molecule has 0 fully saturated rings. The molecule has 0 saturated heterocycles. The normalized spacial score (nSPS) is 14.0. The number of fused-ring (bicyclic) bond motifs is 4. The fourth-order valence-corrected chi connectivity index (χ4v) is 9.49. The number of ether oxygens (including phenoxy) is 1. The molecule has 200 valence electrons. The molecule has 6 rings (SSSR count). The first-order valence-electron chi connectivity index (χ1n) is 12.2. The molecule has 1 aliphatic heterocycles. The Labute approximate surface area is 256 Å². The van der Waals surface area contributed by atoms with E-state index < -0.39 is 21.9 Å². The number of carboxylic acids is 1. The smallest absolute Gasteiger partial charge is 0.345 e. The predicted octanol–water partition coefficient (Wildman–Crippen LogP) is 8.68. The zero-order chi connectivity index (χ0) is 28.2. The van der Waals surface area contributed by atoms with Crippen LogP contribution in [-0.4, -0.2) is 25.6 Å². The molecule has 0 spiro atoms. The van der Waals surface area contributed by atoms with Crippen molar-refractivity contribution in [2.75, 3.05) is 0 Å². The lowest BCUT2D eigenvalue weighted by Crippen LogP contribution is -2.29. The highest BCUT2D eigenvalue weighted by molar-refractivity contribution is 9.11. The topological polar surface area (TPSA) is 80.7 Å². The van der Waals surface area contributed by atoms with E-state index in [1.807, 2.05) is 78.9 Å². The van der Waals surface area contributed by atoms with Crippen LogP contribution in [0.2, 0.25) is 0 Å². The SMILES string of the molecule is O=C(O)[C@@H](Cc1ccccc1)Oc1c(Br)cc(-c2c3c(c(Br)c4ccccc24)S(=O)(=O)c2ccccc2-3)cc1Br. The molecule has 0 bridgehead atoms. The van der Waals surface area contributed by atoms with Crippen molar-refractivity contribution < 1.29 is 23.1 Å². The third-order valence-corrected chi connectivity index (χ3v) is 11.1. The Morgan fingerprint density at radius 3 is 2.08 bits per heavy atom. The molecule has 1 atom stereocenters. The first-order chi connectivity index (χ1) is 19.2. The summed E-state index contributed by atoms with van der Waals surface area (Å²) in [6.45, 7) is 0. The van der Waals surface area contributed by atoms with Gasteiger partial charge in [-0.15, -0.1) is 0 Å². The molecular formula is C31H19Br3O5S. The summed E-state index contributed by atoms with van der Waals surface area (Å²) in [6.07, 6.45) is -0.924. The fraction of sp³-hybridized carbons (Fsp3) is 0.0645. The summed E-state index contributed by atoms with van der Waals surface area (Å²) in [7, 11) is -3.76. The molecule has 1 heterocycles. The molecule has 9 heteroatoms. The molecule has 0 aromatic heterocycles. The van der Waals surface area contributed by atoms with Crippen molar-refractivity contribution >= 4 is 74.4 Å². The summed E-state index contributed by atoms with van der Waals surface area (Å²) in [5, 5.41) is 11.5. The maximum absolute atomic E-state index is 13.7. The third kappa shape index (κ3) is 4.49. The number of hydrogen-bond acceptors (Lipinski definition) is 4. The Balaban J connectivity index is 1.54. The maximum atomic E-state index is 13.7. The predicted molar refractivity (Wildman–Crippen MR) is 166 cm³/mol.